The van der Waals surface area contributed by atoms with Gasteiger partial charge in [-0.15, -0.1) is 0 Å². The summed E-state index contributed by atoms with van der Waals surface area (Å²) in [5, 5.41) is 3.85. The van der Waals surface area contributed by atoms with E-state index in [4.69, 9.17) is 19.4 Å². The summed E-state index contributed by atoms with van der Waals surface area (Å²) < 4.78 is 10.9. The Hall–Kier alpha value is -2.08. The fourth-order valence-electron chi connectivity index (χ4n) is 4.42. The molecule has 6 heteroatoms. The molecule has 0 atom stereocenters. The van der Waals surface area contributed by atoms with Crippen molar-refractivity contribution in [1.29, 1.82) is 0 Å². The number of nitrogens with zero attached hydrogens (tertiary/aromatic N) is 3. The Bertz CT molecular complexity index is 816. The first kappa shape index (κ1) is 18.3. The number of ether oxygens (including phenoxy) is 2. The van der Waals surface area contributed by atoms with Crippen LogP contribution >= 0.6 is 0 Å². The zero-order chi connectivity index (χ0) is 18.8. The van der Waals surface area contributed by atoms with Crippen LogP contribution in [0.2, 0.25) is 0 Å². The van der Waals surface area contributed by atoms with Crippen LogP contribution in [0.4, 0.5) is 5.69 Å². The van der Waals surface area contributed by atoms with Gasteiger partial charge in [-0.3, -0.25) is 4.98 Å². The van der Waals surface area contributed by atoms with Crippen molar-refractivity contribution in [2.45, 2.75) is 51.5 Å². The number of hydrogen-bond donors (Lipinski definition) is 1. The molecule has 1 aliphatic carbocycles. The second-order valence-electron chi connectivity index (χ2n) is 7.59. The van der Waals surface area contributed by atoms with Gasteiger partial charge in [0.15, 0.2) is 5.75 Å². The van der Waals surface area contributed by atoms with E-state index in [0.29, 0.717) is 17.7 Å². The van der Waals surface area contributed by atoms with E-state index < -0.39 is 0 Å². The Morgan fingerprint density at radius 1 is 1.15 bits per heavy atom. The zero-order valence-corrected chi connectivity index (χ0v) is 16.7. The highest BCUT2D eigenvalue weighted by molar-refractivity contribution is 5.92. The fraction of sp³-hybridized carbons (Fsp3) is 0.619. The first-order valence-electron chi connectivity index (χ1n) is 10.2. The third-order valence-corrected chi connectivity index (χ3v) is 5.81. The number of piperidine rings is 1. The maximum absolute atomic E-state index is 5.45. The van der Waals surface area contributed by atoms with E-state index in [1.807, 2.05) is 6.07 Å². The van der Waals surface area contributed by atoms with Crippen LogP contribution in [0.3, 0.4) is 0 Å². The molecule has 0 radical (unpaired) electrons. The van der Waals surface area contributed by atoms with Gasteiger partial charge in [0.25, 0.3) is 5.88 Å². The second kappa shape index (κ2) is 7.89. The molecule has 2 aliphatic rings. The average molecular weight is 370 g/mol. The smallest absolute Gasteiger partial charge is 0.257 e. The van der Waals surface area contributed by atoms with Crippen molar-refractivity contribution >= 4 is 16.7 Å². The number of aromatic nitrogens is 2. The Morgan fingerprint density at radius 3 is 2.67 bits per heavy atom. The molecule has 27 heavy (non-hydrogen) atoms. The van der Waals surface area contributed by atoms with Gasteiger partial charge in [0.2, 0.25) is 0 Å². The van der Waals surface area contributed by atoms with Crippen LogP contribution in [-0.2, 0) is 12.8 Å². The van der Waals surface area contributed by atoms with Crippen LogP contribution in [0.15, 0.2) is 6.07 Å². The number of aryl methyl sites for hydroxylation is 1. The standard InChI is InChI=1S/C21H30N4O2/c1-4-10-25-11-8-14(9-12-25)22-19-15-6-5-7-16(15)23-17-13-18(26-2)21(27-3)24-20(17)19/h13-14H,4-12H2,1-3H3,(H,22,23). The van der Waals surface area contributed by atoms with Gasteiger partial charge in [0.1, 0.15) is 5.52 Å². The van der Waals surface area contributed by atoms with Gasteiger partial charge in [-0.25, -0.2) is 4.98 Å². The molecule has 0 saturated carbocycles. The summed E-state index contributed by atoms with van der Waals surface area (Å²) >= 11 is 0. The third kappa shape index (κ3) is 3.55. The molecule has 6 nitrogen and oxygen atoms in total. The number of likely N-dealkylation sites (tertiary alicyclic amines) is 1. The normalized spacial score (nSPS) is 17.9. The molecule has 1 saturated heterocycles. The van der Waals surface area contributed by atoms with Crippen molar-refractivity contribution in [2.24, 2.45) is 0 Å². The van der Waals surface area contributed by atoms with Crippen molar-refractivity contribution < 1.29 is 9.47 Å². The molecule has 1 N–H and O–H groups in total. The van der Waals surface area contributed by atoms with Gasteiger partial charge in [-0.1, -0.05) is 6.92 Å². The van der Waals surface area contributed by atoms with Gasteiger partial charge >= 0.3 is 0 Å². The van der Waals surface area contributed by atoms with E-state index in [2.05, 4.69) is 17.1 Å². The van der Waals surface area contributed by atoms with Gasteiger partial charge < -0.3 is 19.7 Å². The first-order chi connectivity index (χ1) is 13.2. The first-order valence-corrected chi connectivity index (χ1v) is 10.2. The van der Waals surface area contributed by atoms with Crippen molar-refractivity contribution in [3.05, 3.63) is 17.3 Å². The minimum Gasteiger partial charge on any atom is -0.491 e. The van der Waals surface area contributed by atoms with Crippen molar-refractivity contribution in [3.8, 4) is 11.6 Å². The highest BCUT2D eigenvalue weighted by Crippen LogP contribution is 2.38. The fourth-order valence-corrected chi connectivity index (χ4v) is 4.42. The van der Waals surface area contributed by atoms with Crippen LogP contribution in [0.25, 0.3) is 11.0 Å². The molecule has 2 aromatic heterocycles. The molecule has 3 heterocycles. The number of fused-ring (bicyclic) bond motifs is 2. The molecule has 146 valence electrons. The average Bonchev–Trinajstić information content (AvgIpc) is 3.16. The predicted molar refractivity (Wildman–Crippen MR) is 108 cm³/mol. The maximum Gasteiger partial charge on any atom is 0.257 e. The Balaban J connectivity index is 1.68. The number of methoxy groups -OCH3 is 2. The zero-order valence-electron chi connectivity index (χ0n) is 16.7. The molecular weight excluding hydrogens is 340 g/mol. The lowest BCUT2D eigenvalue weighted by molar-refractivity contribution is 0.219. The molecule has 0 bridgehead atoms. The Labute approximate surface area is 161 Å². The van der Waals surface area contributed by atoms with E-state index >= 15 is 0 Å². The van der Waals surface area contributed by atoms with Crippen molar-refractivity contribution in [3.63, 3.8) is 0 Å². The number of anilines is 1. The van der Waals surface area contributed by atoms with E-state index in [0.717, 1.165) is 30.3 Å². The molecule has 4 rings (SSSR count). The third-order valence-electron chi connectivity index (χ3n) is 5.81. The Morgan fingerprint density at radius 2 is 1.96 bits per heavy atom. The largest absolute Gasteiger partial charge is 0.491 e. The highest BCUT2D eigenvalue weighted by atomic mass is 16.5. The van der Waals surface area contributed by atoms with E-state index in [1.165, 1.54) is 55.8 Å². The summed E-state index contributed by atoms with van der Waals surface area (Å²) in [4.78, 5) is 12.2. The maximum atomic E-state index is 5.45. The van der Waals surface area contributed by atoms with E-state index in [9.17, 15) is 0 Å². The number of rotatable bonds is 6. The summed E-state index contributed by atoms with van der Waals surface area (Å²) in [6.45, 7) is 5.80. The molecular formula is C21H30N4O2. The molecule has 0 aromatic carbocycles. The highest BCUT2D eigenvalue weighted by Gasteiger charge is 2.25. The minimum absolute atomic E-state index is 0.489. The van der Waals surface area contributed by atoms with Gasteiger partial charge in [-0.05, 0) is 50.6 Å². The number of hydrogen-bond acceptors (Lipinski definition) is 6. The van der Waals surface area contributed by atoms with Crippen molar-refractivity contribution in [1.82, 2.24) is 14.9 Å². The quantitative estimate of drug-likeness (QED) is 0.841. The molecule has 0 amide bonds. The molecule has 0 unspecified atom stereocenters. The predicted octanol–water partition coefficient (Wildman–Crippen LogP) is 3.42. The molecule has 0 spiro atoms. The topological polar surface area (TPSA) is 59.5 Å². The van der Waals surface area contributed by atoms with Crippen LogP contribution in [-0.4, -0.2) is 54.8 Å². The molecule has 1 aliphatic heterocycles. The summed E-state index contributed by atoms with van der Waals surface area (Å²) in [7, 11) is 3.27. The van der Waals surface area contributed by atoms with Crippen LogP contribution < -0.4 is 14.8 Å². The van der Waals surface area contributed by atoms with Gasteiger partial charge in [0.05, 0.1) is 25.4 Å². The van der Waals surface area contributed by atoms with Gasteiger partial charge in [-0.2, -0.15) is 0 Å². The lowest BCUT2D eigenvalue weighted by Crippen LogP contribution is -2.39. The summed E-state index contributed by atoms with van der Waals surface area (Å²) in [6, 6.07) is 2.44. The SMILES string of the molecule is CCCN1CCC(Nc2c3c(nc4cc(OC)c(OC)nc24)CCC3)CC1. The minimum atomic E-state index is 0.489. The summed E-state index contributed by atoms with van der Waals surface area (Å²) in [5.41, 5.74) is 5.52. The lowest BCUT2D eigenvalue weighted by atomic mass is 10.0. The Kier molecular flexibility index (Phi) is 5.34. The van der Waals surface area contributed by atoms with E-state index in [-0.39, 0.29) is 0 Å². The van der Waals surface area contributed by atoms with Crippen LogP contribution in [0, 0.1) is 0 Å². The van der Waals surface area contributed by atoms with Gasteiger partial charge in [0, 0.05) is 30.9 Å². The van der Waals surface area contributed by atoms with E-state index in [1.54, 1.807) is 14.2 Å². The van der Waals surface area contributed by atoms with Crippen LogP contribution in [0.1, 0.15) is 43.9 Å². The summed E-state index contributed by atoms with van der Waals surface area (Å²) in [6.07, 6.45) is 6.86. The monoisotopic (exact) mass is 370 g/mol. The van der Waals surface area contributed by atoms with Crippen molar-refractivity contribution in [2.75, 3.05) is 39.2 Å². The molecule has 2 aromatic rings. The van der Waals surface area contributed by atoms with Crippen LogP contribution in [0.5, 0.6) is 11.6 Å². The number of nitrogens with one attached hydrogen (secondary N) is 1. The summed E-state index contributed by atoms with van der Waals surface area (Å²) in [5.74, 6) is 1.15. The lowest BCUT2D eigenvalue weighted by Gasteiger charge is -2.33. The molecule has 1 fully saturated rings. The second-order valence-corrected chi connectivity index (χ2v) is 7.59. The number of pyridine rings is 2.